The van der Waals surface area contributed by atoms with Gasteiger partial charge >= 0.3 is 5.97 Å². The van der Waals surface area contributed by atoms with Crippen LogP contribution >= 0.6 is 0 Å². The third kappa shape index (κ3) is 3.31. The average Bonchev–Trinajstić information content (AvgIpc) is 3.10. The molecule has 1 aliphatic carbocycles. The van der Waals surface area contributed by atoms with Gasteiger partial charge in [0.15, 0.2) is 0 Å². The van der Waals surface area contributed by atoms with Crippen LogP contribution in [0, 0.1) is 0 Å². The summed E-state index contributed by atoms with van der Waals surface area (Å²) in [5.74, 6) is -1.47. The number of hydrogen-bond donors (Lipinski definition) is 3. The molecule has 0 aromatic heterocycles. The number of para-hydroxylation sites is 1. The Hall–Kier alpha value is -2.42. The molecule has 27 heavy (non-hydrogen) atoms. The molecule has 2 aromatic rings. The number of hydrogen-bond acceptors (Lipinski definition) is 5. The smallest absolute Gasteiger partial charge is 0.339 e. The summed E-state index contributed by atoms with van der Waals surface area (Å²) in [6, 6.07) is 12.8. The van der Waals surface area contributed by atoms with E-state index in [0.29, 0.717) is 11.1 Å². The highest BCUT2D eigenvalue weighted by Crippen LogP contribution is 2.48. The monoisotopic (exact) mass is 389 g/mol. The molecule has 0 amide bonds. The van der Waals surface area contributed by atoms with Crippen molar-refractivity contribution in [2.24, 2.45) is 0 Å². The zero-order valence-corrected chi connectivity index (χ0v) is 15.1. The van der Waals surface area contributed by atoms with Gasteiger partial charge in [-0.1, -0.05) is 42.5 Å². The van der Waals surface area contributed by atoms with Gasteiger partial charge in [-0.25, -0.2) is 17.9 Å². The van der Waals surface area contributed by atoms with Crippen LogP contribution in [0.2, 0.25) is 0 Å². The maximum Gasteiger partial charge on any atom is 0.339 e. The van der Waals surface area contributed by atoms with Crippen LogP contribution < -0.4 is 9.46 Å². The second-order valence-electron chi connectivity index (χ2n) is 6.90. The van der Waals surface area contributed by atoms with Crippen molar-refractivity contribution in [2.45, 2.75) is 36.3 Å². The van der Waals surface area contributed by atoms with E-state index in [4.69, 9.17) is 4.74 Å². The van der Waals surface area contributed by atoms with Gasteiger partial charge in [0.2, 0.25) is 10.0 Å². The first-order chi connectivity index (χ1) is 12.9. The molecule has 4 rings (SSSR count). The molecule has 1 aliphatic heterocycles. The molecule has 2 aromatic carbocycles. The highest BCUT2D eigenvalue weighted by atomic mass is 32.2. The third-order valence-corrected chi connectivity index (χ3v) is 6.44. The number of carboxylic acid groups (broad SMARTS) is 1. The van der Waals surface area contributed by atoms with Crippen LogP contribution in [0.4, 0.5) is 0 Å². The van der Waals surface area contributed by atoms with Crippen LogP contribution in [0.15, 0.2) is 48.5 Å². The second kappa shape index (κ2) is 6.63. The van der Waals surface area contributed by atoms with Crippen LogP contribution in [0.1, 0.15) is 33.8 Å². The van der Waals surface area contributed by atoms with Crippen molar-refractivity contribution in [3.63, 3.8) is 0 Å². The molecule has 7 nitrogen and oxygen atoms in total. The lowest BCUT2D eigenvalue weighted by Gasteiger charge is -2.22. The van der Waals surface area contributed by atoms with Gasteiger partial charge in [-0.2, -0.15) is 0 Å². The number of rotatable bonds is 5. The predicted molar refractivity (Wildman–Crippen MR) is 97.2 cm³/mol. The molecule has 1 heterocycles. The number of sulfonamides is 1. The van der Waals surface area contributed by atoms with Crippen molar-refractivity contribution in [1.29, 1.82) is 0 Å². The minimum atomic E-state index is -3.70. The number of aliphatic hydroxyl groups is 1. The summed E-state index contributed by atoms with van der Waals surface area (Å²) in [5.41, 5.74) is 1.30. The molecule has 0 saturated heterocycles. The summed E-state index contributed by atoms with van der Waals surface area (Å²) in [6.07, 6.45) is -1.14. The Morgan fingerprint density at radius 3 is 2.59 bits per heavy atom. The zero-order valence-electron chi connectivity index (χ0n) is 14.3. The number of nitrogens with one attached hydrogen (secondary N) is 1. The highest BCUT2D eigenvalue weighted by Gasteiger charge is 2.51. The van der Waals surface area contributed by atoms with E-state index in [0.717, 1.165) is 0 Å². The molecule has 2 aliphatic rings. The number of benzene rings is 2. The van der Waals surface area contributed by atoms with E-state index in [1.54, 1.807) is 36.4 Å². The Kier molecular flexibility index (Phi) is 4.41. The van der Waals surface area contributed by atoms with Crippen molar-refractivity contribution < 1.29 is 28.2 Å². The fraction of sp³-hybridized carbons (Fsp3) is 0.316. The quantitative estimate of drug-likeness (QED) is 0.714. The van der Waals surface area contributed by atoms with Crippen LogP contribution in [0.25, 0.3) is 0 Å². The Bertz CT molecular complexity index is 975. The number of carboxylic acids is 1. The molecule has 4 unspecified atom stereocenters. The first-order valence-corrected chi connectivity index (χ1v) is 10.3. The van der Waals surface area contributed by atoms with Crippen molar-refractivity contribution in [2.75, 3.05) is 0 Å². The van der Waals surface area contributed by atoms with Gasteiger partial charge in [0.05, 0.1) is 17.9 Å². The van der Waals surface area contributed by atoms with Gasteiger partial charge in [0, 0.05) is 17.9 Å². The highest BCUT2D eigenvalue weighted by molar-refractivity contribution is 7.88. The molecule has 0 radical (unpaired) electrons. The van der Waals surface area contributed by atoms with E-state index in [-0.39, 0.29) is 23.5 Å². The number of fused-ring (bicyclic) bond motifs is 3. The summed E-state index contributed by atoms with van der Waals surface area (Å²) in [6.45, 7) is 0. The van der Waals surface area contributed by atoms with E-state index < -0.39 is 40.2 Å². The average molecular weight is 389 g/mol. The van der Waals surface area contributed by atoms with Crippen molar-refractivity contribution >= 4 is 16.0 Å². The molecule has 4 atom stereocenters. The molecular formula is C19H19NO6S. The maximum absolute atomic E-state index is 12.6. The largest absolute Gasteiger partial charge is 0.488 e. The number of aromatic carboxylic acids is 1. The van der Waals surface area contributed by atoms with Crippen LogP contribution in [-0.4, -0.2) is 42.8 Å². The Morgan fingerprint density at radius 2 is 1.89 bits per heavy atom. The lowest BCUT2D eigenvalue weighted by atomic mass is 9.93. The van der Waals surface area contributed by atoms with E-state index in [2.05, 4.69) is 4.72 Å². The summed E-state index contributed by atoms with van der Waals surface area (Å²) in [4.78, 5) is 11.4. The van der Waals surface area contributed by atoms with Crippen molar-refractivity contribution in [1.82, 2.24) is 4.72 Å². The second-order valence-corrected chi connectivity index (χ2v) is 8.66. The Balaban J connectivity index is 1.62. The first kappa shape index (κ1) is 18.0. The van der Waals surface area contributed by atoms with Gasteiger partial charge in [-0.15, -0.1) is 0 Å². The normalized spacial score (nSPS) is 26.3. The predicted octanol–water partition coefficient (Wildman–Crippen LogP) is 1.48. The minimum Gasteiger partial charge on any atom is -0.488 e. The van der Waals surface area contributed by atoms with E-state index in [9.17, 15) is 23.4 Å². The lowest BCUT2D eigenvalue weighted by molar-refractivity contribution is 0.0690. The lowest BCUT2D eigenvalue weighted by Crippen LogP contribution is -2.43. The van der Waals surface area contributed by atoms with Crippen LogP contribution in [0.5, 0.6) is 5.75 Å². The molecule has 142 valence electrons. The molecule has 8 heteroatoms. The number of carbonyl (C=O) groups is 1. The Labute approximate surface area is 156 Å². The summed E-state index contributed by atoms with van der Waals surface area (Å²) < 4.78 is 33.6. The van der Waals surface area contributed by atoms with Crippen molar-refractivity contribution in [3.8, 4) is 5.75 Å². The standard InChI is InChI=1S/C19H19NO6S/c21-14-9-15-16(12-7-4-8-13(19(22)23)18(12)26-15)17(14)20-27(24,25)10-11-5-2-1-3-6-11/h1-8,14-17,20-21H,9-10H2,(H,22,23). The van der Waals surface area contributed by atoms with E-state index in [1.165, 1.54) is 6.07 Å². The summed E-state index contributed by atoms with van der Waals surface area (Å²) in [5, 5.41) is 19.7. The number of aliphatic hydroxyl groups excluding tert-OH is 1. The van der Waals surface area contributed by atoms with E-state index >= 15 is 0 Å². The van der Waals surface area contributed by atoms with Gasteiger partial charge < -0.3 is 14.9 Å². The third-order valence-electron chi connectivity index (χ3n) is 5.10. The fourth-order valence-electron chi connectivity index (χ4n) is 3.98. The molecular weight excluding hydrogens is 370 g/mol. The van der Waals surface area contributed by atoms with Crippen molar-refractivity contribution in [3.05, 3.63) is 65.2 Å². The van der Waals surface area contributed by atoms with Crippen LogP contribution in [0.3, 0.4) is 0 Å². The zero-order chi connectivity index (χ0) is 19.2. The van der Waals surface area contributed by atoms with Gasteiger partial charge in [-0.3, -0.25) is 0 Å². The van der Waals surface area contributed by atoms with Gasteiger partial charge in [0.1, 0.15) is 17.4 Å². The summed E-state index contributed by atoms with van der Waals surface area (Å²) >= 11 is 0. The fourth-order valence-corrected chi connectivity index (χ4v) is 5.41. The van der Waals surface area contributed by atoms with E-state index in [1.807, 2.05) is 6.07 Å². The van der Waals surface area contributed by atoms with Gasteiger partial charge in [0.25, 0.3) is 0 Å². The molecule has 1 saturated carbocycles. The maximum atomic E-state index is 12.6. The molecule has 0 bridgehead atoms. The molecule has 3 N–H and O–H groups in total. The minimum absolute atomic E-state index is 0.0438. The molecule has 0 spiro atoms. The first-order valence-electron chi connectivity index (χ1n) is 8.60. The Morgan fingerprint density at radius 1 is 1.15 bits per heavy atom. The van der Waals surface area contributed by atoms with Crippen LogP contribution in [-0.2, 0) is 15.8 Å². The summed E-state index contributed by atoms with van der Waals surface area (Å²) in [7, 11) is -3.70. The topological polar surface area (TPSA) is 113 Å². The van der Waals surface area contributed by atoms with Gasteiger partial charge in [-0.05, 0) is 11.6 Å². The SMILES string of the molecule is O=C(O)c1cccc2c1OC1CC(O)C(NS(=O)(=O)Cc3ccccc3)C21. The number of ether oxygens (including phenoxy) is 1. The molecule has 1 fully saturated rings.